The maximum absolute atomic E-state index is 12.1. The smallest absolute Gasteiger partial charge is 0.267 e. The molecular weight excluding hydrogens is 356 g/mol. The van der Waals surface area contributed by atoms with E-state index in [1.165, 1.54) is 11.2 Å². The summed E-state index contributed by atoms with van der Waals surface area (Å²) in [7, 11) is 1.65. The Labute approximate surface area is 161 Å². The molecule has 2 aromatic heterocycles. The van der Waals surface area contributed by atoms with Gasteiger partial charge in [-0.15, -0.1) is 0 Å². The number of nitrogens with zero attached hydrogens (tertiary/aromatic N) is 5. The van der Waals surface area contributed by atoms with E-state index in [0.717, 1.165) is 5.56 Å². The number of nitrogen functional groups attached to an aromatic ring is 1. The third-order valence-electron chi connectivity index (χ3n) is 4.73. The zero-order chi connectivity index (χ0) is 19.9. The molecule has 0 spiro atoms. The predicted octanol–water partition coefficient (Wildman–Crippen LogP) is 0.922. The van der Waals surface area contributed by atoms with E-state index in [-0.39, 0.29) is 5.91 Å². The molecule has 1 aromatic carbocycles. The van der Waals surface area contributed by atoms with Crippen molar-refractivity contribution in [3.8, 4) is 23.2 Å². The minimum atomic E-state index is -1.63. The molecule has 4 rings (SSSR count). The molecule has 1 aliphatic heterocycles. The van der Waals surface area contributed by atoms with E-state index in [1.807, 2.05) is 19.1 Å². The number of hydrogen-bond acceptors (Lipinski definition) is 7. The largest absolute Gasteiger partial charge is 0.382 e. The van der Waals surface area contributed by atoms with Gasteiger partial charge in [0.1, 0.15) is 17.4 Å². The van der Waals surface area contributed by atoms with Crippen molar-refractivity contribution in [2.75, 3.05) is 19.3 Å². The van der Waals surface area contributed by atoms with Gasteiger partial charge in [0, 0.05) is 31.1 Å². The minimum Gasteiger partial charge on any atom is -0.382 e. The van der Waals surface area contributed by atoms with Crippen LogP contribution in [0.25, 0.3) is 22.4 Å². The van der Waals surface area contributed by atoms with Crippen molar-refractivity contribution < 1.29 is 9.90 Å². The third-order valence-corrected chi connectivity index (χ3v) is 4.73. The highest BCUT2D eigenvalue weighted by molar-refractivity contribution is 5.90. The van der Waals surface area contributed by atoms with Crippen LogP contribution in [-0.4, -0.2) is 55.0 Å². The van der Waals surface area contributed by atoms with Crippen LogP contribution in [0.1, 0.15) is 17.7 Å². The second-order valence-electron chi connectivity index (χ2n) is 6.76. The van der Waals surface area contributed by atoms with Crippen molar-refractivity contribution in [2.45, 2.75) is 18.9 Å². The van der Waals surface area contributed by atoms with Crippen LogP contribution in [0.2, 0.25) is 0 Å². The lowest BCUT2D eigenvalue weighted by molar-refractivity contribution is -0.137. The lowest BCUT2D eigenvalue weighted by Gasteiger charge is -2.13. The molecular formula is C20H18N6O2. The topological polar surface area (TPSA) is 118 Å². The maximum atomic E-state index is 12.1. The Balaban J connectivity index is 1.73. The Hall–Kier alpha value is -3.57. The van der Waals surface area contributed by atoms with Crippen LogP contribution in [-0.2, 0) is 4.79 Å². The molecule has 3 aromatic rings. The number of fused-ring (bicyclic) bond motifs is 1. The first-order valence-corrected chi connectivity index (χ1v) is 8.74. The van der Waals surface area contributed by atoms with E-state index in [1.54, 1.807) is 19.2 Å². The fraction of sp³-hybridized carbons (Fsp3) is 0.250. The molecule has 1 atom stereocenters. The van der Waals surface area contributed by atoms with Crippen LogP contribution in [0.4, 0.5) is 5.82 Å². The van der Waals surface area contributed by atoms with Gasteiger partial charge >= 0.3 is 0 Å². The normalized spacial score (nSPS) is 19.0. The summed E-state index contributed by atoms with van der Waals surface area (Å²) in [5, 5.41) is 10.4. The molecule has 140 valence electrons. The first-order chi connectivity index (χ1) is 13.4. The summed E-state index contributed by atoms with van der Waals surface area (Å²) in [5.74, 6) is 6.01. The van der Waals surface area contributed by atoms with Crippen molar-refractivity contribution in [2.24, 2.45) is 0 Å². The molecule has 1 fully saturated rings. The number of rotatable bonds is 1. The molecule has 3 N–H and O–H groups in total. The number of aryl methyl sites for hydroxylation is 1. The molecule has 1 unspecified atom stereocenters. The number of hydrogen-bond donors (Lipinski definition) is 2. The van der Waals surface area contributed by atoms with Crippen LogP contribution in [0, 0.1) is 18.8 Å². The SMILES string of the molecule is Cc1nc(-c2cccc(C#CC3(O)CCN(C)C3=O)c2)nc2c(N)ncnc12. The lowest BCUT2D eigenvalue weighted by Crippen LogP contribution is -2.37. The molecule has 8 nitrogen and oxygen atoms in total. The monoisotopic (exact) mass is 374 g/mol. The minimum absolute atomic E-state index is 0.291. The molecule has 1 amide bonds. The van der Waals surface area contributed by atoms with Gasteiger partial charge in [-0.25, -0.2) is 19.9 Å². The fourth-order valence-corrected chi connectivity index (χ4v) is 3.12. The maximum Gasteiger partial charge on any atom is 0.267 e. The first-order valence-electron chi connectivity index (χ1n) is 8.74. The molecule has 0 bridgehead atoms. The number of aromatic nitrogens is 4. The Morgan fingerprint density at radius 1 is 1.25 bits per heavy atom. The predicted molar refractivity (Wildman–Crippen MR) is 104 cm³/mol. The van der Waals surface area contributed by atoms with Gasteiger partial charge in [-0.1, -0.05) is 24.0 Å². The molecule has 3 heterocycles. The van der Waals surface area contributed by atoms with E-state index >= 15 is 0 Å². The van der Waals surface area contributed by atoms with Gasteiger partial charge in [0.15, 0.2) is 11.6 Å². The highest BCUT2D eigenvalue weighted by atomic mass is 16.3. The van der Waals surface area contributed by atoms with Crippen LogP contribution in [0.15, 0.2) is 30.6 Å². The van der Waals surface area contributed by atoms with Gasteiger partial charge in [-0.05, 0) is 19.1 Å². The molecule has 28 heavy (non-hydrogen) atoms. The number of anilines is 1. The summed E-state index contributed by atoms with van der Waals surface area (Å²) < 4.78 is 0. The number of likely N-dealkylation sites (N-methyl/N-ethyl adjacent to an activating group) is 1. The van der Waals surface area contributed by atoms with Crippen LogP contribution < -0.4 is 5.73 Å². The van der Waals surface area contributed by atoms with Gasteiger partial charge in [0.05, 0.1) is 5.69 Å². The molecule has 8 heteroatoms. The molecule has 0 radical (unpaired) electrons. The Morgan fingerprint density at radius 2 is 2.07 bits per heavy atom. The zero-order valence-electron chi connectivity index (χ0n) is 15.5. The van der Waals surface area contributed by atoms with Crippen LogP contribution in [0.5, 0.6) is 0 Å². The Kier molecular flexibility index (Phi) is 4.17. The van der Waals surface area contributed by atoms with Gasteiger partial charge in [-0.3, -0.25) is 4.79 Å². The second kappa shape index (κ2) is 6.55. The third kappa shape index (κ3) is 3.02. The van der Waals surface area contributed by atoms with Crippen molar-refractivity contribution in [1.29, 1.82) is 0 Å². The molecule has 1 aliphatic rings. The average molecular weight is 374 g/mol. The number of benzene rings is 1. The molecule has 1 saturated heterocycles. The summed E-state index contributed by atoms with van der Waals surface area (Å²) in [6.07, 6.45) is 1.68. The highest BCUT2D eigenvalue weighted by Gasteiger charge is 2.42. The Morgan fingerprint density at radius 3 is 2.82 bits per heavy atom. The van der Waals surface area contributed by atoms with Crippen molar-refractivity contribution in [1.82, 2.24) is 24.8 Å². The highest BCUT2D eigenvalue weighted by Crippen LogP contribution is 2.24. The number of carbonyl (C=O) groups is 1. The van der Waals surface area contributed by atoms with Gasteiger partial charge < -0.3 is 15.7 Å². The summed E-state index contributed by atoms with van der Waals surface area (Å²) in [5.41, 5.74) is 7.48. The van der Waals surface area contributed by atoms with Crippen molar-refractivity contribution in [3.63, 3.8) is 0 Å². The average Bonchev–Trinajstić information content (AvgIpc) is 2.95. The second-order valence-corrected chi connectivity index (χ2v) is 6.76. The number of carbonyl (C=O) groups excluding carboxylic acids is 1. The van der Waals surface area contributed by atoms with E-state index in [0.29, 0.717) is 46.9 Å². The Bertz CT molecular complexity index is 1170. The summed E-state index contributed by atoms with van der Waals surface area (Å²) in [6.45, 7) is 2.32. The van der Waals surface area contributed by atoms with E-state index in [4.69, 9.17) is 5.73 Å². The van der Waals surface area contributed by atoms with Crippen molar-refractivity contribution >= 4 is 22.8 Å². The molecule has 0 aliphatic carbocycles. The van der Waals surface area contributed by atoms with E-state index in [2.05, 4.69) is 31.8 Å². The quantitative estimate of drug-likeness (QED) is 0.608. The van der Waals surface area contributed by atoms with Gasteiger partial charge in [0.25, 0.3) is 5.91 Å². The van der Waals surface area contributed by atoms with E-state index in [9.17, 15) is 9.90 Å². The fourth-order valence-electron chi connectivity index (χ4n) is 3.12. The first kappa shape index (κ1) is 17.8. The number of nitrogens with two attached hydrogens (primary N) is 1. The summed E-state index contributed by atoms with van der Waals surface area (Å²) >= 11 is 0. The van der Waals surface area contributed by atoms with Gasteiger partial charge in [0.2, 0.25) is 5.60 Å². The summed E-state index contributed by atoms with van der Waals surface area (Å²) in [6, 6.07) is 7.28. The number of likely N-dealkylation sites (tertiary alicyclic amines) is 1. The van der Waals surface area contributed by atoms with E-state index < -0.39 is 5.60 Å². The number of amides is 1. The standard InChI is InChI=1S/C20H18N6O2/c1-12-15-16(17(21)23-11-22-15)25-18(24-12)14-5-3-4-13(10-14)6-7-20(28)8-9-26(2)19(20)27/h3-5,10-11,28H,8-9H2,1-2H3,(H2,21,22,23). The number of aliphatic hydroxyl groups is 1. The van der Waals surface area contributed by atoms with Crippen molar-refractivity contribution in [3.05, 3.63) is 41.9 Å². The summed E-state index contributed by atoms with van der Waals surface area (Å²) in [4.78, 5) is 30.7. The van der Waals surface area contributed by atoms with Gasteiger partial charge in [-0.2, -0.15) is 0 Å². The lowest BCUT2D eigenvalue weighted by atomic mass is 10.0. The van der Waals surface area contributed by atoms with Crippen LogP contribution in [0.3, 0.4) is 0 Å². The van der Waals surface area contributed by atoms with Crippen LogP contribution >= 0.6 is 0 Å². The molecule has 0 saturated carbocycles. The zero-order valence-corrected chi connectivity index (χ0v) is 15.5.